The molecule has 0 atom stereocenters. The number of hydrogen-bond donors (Lipinski definition) is 2. The molecule has 8 heteroatoms. The molecule has 1 aromatic carbocycles. The number of primary amides is 1. The quantitative estimate of drug-likeness (QED) is 0.820. The minimum Gasteiger partial charge on any atom is -0.405 e. The zero-order valence-electron chi connectivity index (χ0n) is 7.64. The van der Waals surface area contributed by atoms with Crippen LogP contribution < -0.4 is 16.2 Å². The second-order valence-corrected chi connectivity index (χ2v) is 3.55. The van der Waals surface area contributed by atoms with Crippen molar-refractivity contribution in [1.29, 1.82) is 0 Å². The van der Waals surface area contributed by atoms with E-state index in [9.17, 15) is 18.0 Å². The highest BCUT2D eigenvalue weighted by Gasteiger charge is 2.32. The molecule has 4 N–H and O–H groups in total. The summed E-state index contributed by atoms with van der Waals surface area (Å²) in [6, 6.07) is 2.09. The average Bonchev–Trinajstić information content (AvgIpc) is 2.07. The Labute approximate surface area is 96.5 Å². The van der Waals surface area contributed by atoms with E-state index < -0.39 is 18.0 Å². The third-order valence-corrected chi connectivity index (χ3v) is 2.40. The molecule has 0 aliphatic heterocycles. The van der Waals surface area contributed by atoms with Gasteiger partial charge in [0.2, 0.25) is 0 Å². The highest BCUT2D eigenvalue weighted by molar-refractivity contribution is 9.10. The molecule has 88 valence electrons. The number of hydrogen-bond acceptors (Lipinski definition) is 3. The Kier molecular flexibility index (Phi) is 3.32. The van der Waals surface area contributed by atoms with Crippen LogP contribution >= 0.6 is 15.9 Å². The lowest BCUT2D eigenvalue weighted by Gasteiger charge is -2.13. The highest BCUT2D eigenvalue weighted by Crippen LogP contribution is 2.35. The summed E-state index contributed by atoms with van der Waals surface area (Å²) in [5, 5.41) is 0. The fourth-order valence-corrected chi connectivity index (χ4v) is 1.66. The topological polar surface area (TPSA) is 78.3 Å². The molecule has 0 aliphatic carbocycles. The Hall–Kier alpha value is -1.44. The van der Waals surface area contributed by atoms with Crippen LogP contribution in [0.4, 0.5) is 18.9 Å². The minimum absolute atomic E-state index is 0.0334. The predicted molar refractivity (Wildman–Crippen MR) is 53.8 cm³/mol. The van der Waals surface area contributed by atoms with Crippen molar-refractivity contribution in [3.63, 3.8) is 0 Å². The van der Waals surface area contributed by atoms with E-state index >= 15 is 0 Å². The SMILES string of the molecule is NC(=O)c1c(N)ccc(OC(F)(F)F)c1Br. The number of carbonyl (C=O) groups is 1. The van der Waals surface area contributed by atoms with E-state index in [4.69, 9.17) is 11.5 Å². The molecule has 1 aromatic rings. The van der Waals surface area contributed by atoms with Gasteiger partial charge in [0.05, 0.1) is 10.0 Å². The number of ether oxygens (including phenoxy) is 1. The molecule has 0 bridgehead atoms. The Bertz CT molecular complexity index is 434. The van der Waals surface area contributed by atoms with Crippen LogP contribution in [0, 0.1) is 0 Å². The summed E-state index contributed by atoms with van der Waals surface area (Å²) in [4.78, 5) is 10.9. The lowest BCUT2D eigenvalue weighted by molar-refractivity contribution is -0.274. The number of nitrogen functional groups attached to an aromatic ring is 1. The summed E-state index contributed by atoms with van der Waals surface area (Å²) >= 11 is 2.78. The van der Waals surface area contributed by atoms with Gasteiger partial charge in [-0.3, -0.25) is 4.79 Å². The van der Waals surface area contributed by atoms with Gasteiger partial charge in [-0.25, -0.2) is 0 Å². The van der Waals surface area contributed by atoms with E-state index in [1.54, 1.807) is 0 Å². The van der Waals surface area contributed by atoms with Crippen molar-refractivity contribution in [3.8, 4) is 5.75 Å². The van der Waals surface area contributed by atoms with Gasteiger partial charge in [-0.05, 0) is 28.1 Å². The molecule has 0 heterocycles. The molecular weight excluding hydrogens is 293 g/mol. The van der Waals surface area contributed by atoms with Crippen LogP contribution in [-0.4, -0.2) is 12.3 Å². The number of alkyl halides is 3. The fraction of sp³-hybridized carbons (Fsp3) is 0.125. The van der Waals surface area contributed by atoms with Gasteiger partial charge in [-0.1, -0.05) is 0 Å². The molecule has 1 amide bonds. The van der Waals surface area contributed by atoms with Gasteiger partial charge < -0.3 is 16.2 Å². The first-order valence-electron chi connectivity index (χ1n) is 3.86. The molecule has 0 spiro atoms. The average molecular weight is 299 g/mol. The van der Waals surface area contributed by atoms with Gasteiger partial charge in [-0.2, -0.15) is 0 Å². The zero-order chi connectivity index (χ0) is 12.5. The van der Waals surface area contributed by atoms with E-state index in [0.717, 1.165) is 12.1 Å². The standard InChI is InChI=1S/C8H6BrF3N2O2/c9-6-4(16-8(10,11)12)2-1-3(13)5(6)7(14)15/h1-2H,13H2,(H2,14,15). The highest BCUT2D eigenvalue weighted by atomic mass is 79.9. The first-order chi connectivity index (χ1) is 7.22. The number of nitrogens with two attached hydrogens (primary N) is 2. The summed E-state index contributed by atoms with van der Waals surface area (Å²) in [7, 11) is 0. The molecule has 0 fully saturated rings. The number of halogens is 4. The monoisotopic (exact) mass is 298 g/mol. The van der Waals surface area contributed by atoms with E-state index in [2.05, 4.69) is 20.7 Å². The summed E-state index contributed by atoms with van der Waals surface area (Å²) in [5.74, 6) is -1.52. The molecule has 0 saturated carbocycles. The van der Waals surface area contributed by atoms with E-state index in [-0.39, 0.29) is 15.7 Å². The van der Waals surface area contributed by atoms with Crippen LogP contribution in [-0.2, 0) is 0 Å². The molecule has 1 rings (SSSR count). The normalized spacial score (nSPS) is 11.2. The van der Waals surface area contributed by atoms with Crippen molar-refractivity contribution in [2.45, 2.75) is 6.36 Å². The van der Waals surface area contributed by atoms with Crippen LogP contribution in [0.1, 0.15) is 10.4 Å². The lowest BCUT2D eigenvalue weighted by Crippen LogP contribution is -2.19. The third-order valence-electron chi connectivity index (χ3n) is 1.61. The number of rotatable bonds is 2. The molecule has 0 unspecified atom stereocenters. The summed E-state index contributed by atoms with van der Waals surface area (Å²) < 4.78 is 39.3. The molecule has 0 aliphatic rings. The van der Waals surface area contributed by atoms with Crippen LogP contribution in [0.15, 0.2) is 16.6 Å². The largest absolute Gasteiger partial charge is 0.573 e. The van der Waals surface area contributed by atoms with E-state index in [1.807, 2.05) is 0 Å². The van der Waals surface area contributed by atoms with Crippen molar-refractivity contribution in [3.05, 3.63) is 22.2 Å². The van der Waals surface area contributed by atoms with Crippen molar-refractivity contribution >= 4 is 27.5 Å². The van der Waals surface area contributed by atoms with E-state index in [1.165, 1.54) is 0 Å². The van der Waals surface area contributed by atoms with Crippen molar-refractivity contribution < 1.29 is 22.7 Å². The molecule has 0 radical (unpaired) electrons. The van der Waals surface area contributed by atoms with Gasteiger partial charge in [0, 0.05) is 5.69 Å². The summed E-state index contributed by atoms with van der Waals surface area (Å²) in [6.07, 6.45) is -4.85. The second-order valence-electron chi connectivity index (χ2n) is 2.75. The van der Waals surface area contributed by atoms with Gasteiger partial charge in [0.25, 0.3) is 5.91 Å². The van der Waals surface area contributed by atoms with Gasteiger partial charge in [-0.15, -0.1) is 13.2 Å². The maximum Gasteiger partial charge on any atom is 0.573 e. The molecule has 0 aromatic heterocycles. The van der Waals surface area contributed by atoms with Gasteiger partial charge in [0.1, 0.15) is 5.75 Å². The Balaban J connectivity index is 3.24. The van der Waals surface area contributed by atoms with Crippen molar-refractivity contribution in [1.82, 2.24) is 0 Å². The predicted octanol–water partition coefficient (Wildman–Crippen LogP) is 2.03. The van der Waals surface area contributed by atoms with Gasteiger partial charge in [0.15, 0.2) is 0 Å². The molecule has 0 saturated heterocycles. The fourth-order valence-electron chi connectivity index (χ4n) is 1.03. The van der Waals surface area contributed by atoms with Crippen LogP contribution in [0.5, 0.6) is 5.75 Å². The number of amides is 1. The maximum absolute atomic E-state index is 12.0. The van der Waals surface area contributed by atoms with E-state index in [0.29, 0.717) is 0 Å². The second kappa shape index (κ2) is 4.20. The summed E-state index contributed by atoms with van der Waals surface area (Å²) in [5.41, 5.74) is 10.1. The number of benzene rings is 1. The zero-order valence-corrected chi connectivity index (χ0v) is 9.22. The number of anilines is 1. The lowest BCUT2D eigenvalue weighted by atomic mass is 10.1. The van der Waals surface area contributed by atoms with Crippen LogP contribution in [0.25, 0.3) is 0 Å². The van der Waals surface area contributed by atoms with Crippen LogP contribution in [0.3, 0.4) is 0 Å². The van der Waals surface area contributed by atoms with Crippen molar-refractivity contribution in [2.75, 3.05) is 5.73 Å². The maximum atomic E-state index is 12.0. The van der Waals surface area contributed by atoms with Crippen LogP contribution in [0.2, 0.25) is 0 Å². The Morgan fingerprint density at radius 3 is 2.38 bits per heavy atom. The molecular formula is C8H6BrF3N2O2. The molecule has 4 nitrogen and oxygen atoms in total. The number of carbonyl (C=O) groups excluding carboxylic acids is 1. The first kappa shape index (κ1) is 12.6. The summed E-state index contributed by atoms with van der Waals surface area (Å²) in [6.45, 7) is 0. The third kappa shape index (κ3) is 2.78. The van der Waals surface area contributed by atoms with Gasteiger partial charge >= 0.3 is 6.36 Å². The smallest absolute Gasteiger partial charge is 0.405 e. The first-order valence-corrected chi connectivity index (χ1v) is 4.65. The Morgan fingerprint density at radius 2 is 1.94 bits per heavy atom. The minimum atomic E-state index is -4.85. The molecule has 16 heavy (non-hydrogen) atoms. The Morgan fingerprint density at radius 1 is 1.38 bits per heavy atom. The van der Waals surface area contributed by atoms with Crippen molar-refractivity contribution in [2.24, 2.45) is 5.73 Å².